The molecule has 1 aliphatic heterocycles. The van der Waals surface area contributed by atoms with E-state index in [0.29, 0.717) is 25.1 Å². The van der Waals surface area contributed by atoms with Crippen molar-refractivity contribution in [3.05, 3.63) is 46.3 Å². The molecule has 2 aromatic rings. The SMILES string of the molecule is Cc1ccc(S(=O)(=O)N2CCCC2C(=O)Oc2cccc(C)c2C)s1. The van der Waals surface area contributed by atoms with Gasteiger partial charge in [0, 0.05) is 11.4 Å². The van der Waals surface area contributed by atoms with E-state index in [9.17, 15) is 13.2 Å². The summed E-state index contributed by atoms with van der Waals surface area (Å²) in [6.07, 6.45) is 1.13. The van der Waals surface area contributed by atoms with Crippen LogP contribution in [-0.2, 0) is 14.8 Å². The number of carbonyl (C=O) groups excluding carboxylic acids is 1. The molecule has 1 aromatic carbocycles. The van der Waals surface area contributed by atoms with Crippen molar-refractivity contribution < 1.29 is 17.9 Å². The lowest BCUT2D eigenvalue weighted by molar-refractivity contribution is -0.138. The number of ether oxygens (including phenoxy) is 1. The zero-order valence-electron chi connectivity index (χ0n) is 14.5. The van der Waals surface area contributed by atoms with Crippen molar-refractivity contribution >= 4 is 27.3 Å². The number of sulfonamides is 1. The molecular formula is C18H21NO4S2. The Morgan fingerprint density at radius 2 is 1.96 bits per heavy atom. The topological polar surface area (TPSA) is 63.7 Å². The van der Waals surface area contributed by atoms with E-state index in [-0.39, 0.29) is 4.21 Å². The summed E-state index contributed by atoms with van der Waals surface area (Å²) >= 11 is 1.22. The maximum atomic E-state index is 12.9. The van der Waals surface area contributed by atoms with Crippen LogP contribution in [0.4, 0.5) is 0 Å². The van der Waals surface area contributed by atoms with Crippen LogP contribution < -0.4 is 4.74 Å². The molecule has 5 nitrogen and oxygen atoms in total. The average Bonchev–Trinajstić information content (AvgIpc) is 3.21. The highest BCUT2D eigenvalue weighted by Crippen LogP contribution is 2.31. The van der Waals surface area contributed by atoms with Crippen molar-refractivity contribution in [1.29, 1.82) is 0 Å². The zero-order chi connectivity index (χ0) is 18.2. The van der Waals surface area contributed by atoms with Gasteiger partial charge in [-0.05, 0) is 62.9 Å². The van der Waals surface area contributed by atoms with E-state index in [1.165, 1.54) is 15.6 Å². The number of rotatable bonds is 4. The van der Waals surface area contributed by atoms with Crippen molar-refractivity contribution in [3.63, 3.8) is 0 Å². The number of nitrogens with zero attached hydrogens (tertiary/aromatic N) is 1. The van der Waals surface area contributed by atoms with Crippen LogP contribution in [0.3, 0.4) is 0 Å². The van der Waals surface area contributed by atoms with Crippen molar-refractivity contribution in [2.75, 3.05) is 6.54 Å². The average molecular weight is 380 g/mol. The molecule has 1 fully saturated rings. The fraction of sp³-hybridized carbons (Fsp3) is 0.389. The van der Waals surface area contributed by atoms with Crippen LogP contribution in [-0.4, -0.2) is 31.3 Å². The minimum atomic E-state index is -3.67. The van der Waals surface area contributed by atoms with E-state index in [4.69, 9.17) is 4.74 Å². The molecule has 0 radical (unpaired) electrons. The first-order chi connectivity index (χ1) is 11.8. The third kappa shape index (κ3) is 3.49. The molecule has 1 atom stereocenters. The number of aryl methyl sites for hydroxylation is 2. The summed E-state index contributed by atoms with van der Waals surface area (Å²) < 4.78 is 32.8. The minimum Gasteiger partial charge on any atom is -0.425 e. The molecular weight excluding hydrogens is 358 g/mol. The molecule has 25 heavy (non-hydrogen) atoms. The van der Waals surface area contributed by atoms with Gasteiger partial charge in [-0.2, -0.15) is 4.31 Å². The first kappa shape index (κ1) is 18.1. The molecule has 1 unspecified atom stereocenters. The number of thiophene rings is 1. The van der Waals surface area contributed by atoms with Gasteiger partial charge >= 0.3 is 5.97 Å². The van der Waals surface area contributed by atoms with Gasteiger partial charge in [-0.3, -0.25) is 0 Å². The minimum absolute atomic E-state index is 0.274. The maximum absolute atomic E-state index is 12.9. The Kier molecular flexibility index (Phi) is 4.99. The van der Waals surface area contributed by atoms with Crippen LogP contribution >= 0.6 is 11.3 Å². The highest BCUT2D eigenvalue weighted by Gasteiger charge is 2.41. The predicted molar refractivity (Wildman–Crippen MR) is 97.5 cm³/mol. The molecule has 2 heterocycles. The molecule has 0 N–H and O–H groups in total. The van der Waals surface area contributed by atoms with Gasteiger partial charge in [0.1, 0.15) is 16.0 Å². The van der Waals surface area contributed by atoms with Crippen LogP contribution in [0.2, 0.25) is 0 Å². The fourth-order valence-electron chi connectivity index (χ4n) is 2.94. The Bertz CT molecular complexity index is 902. The summed E-state index contributed by atoms with van der Waals surface area (Å²) in [7, 11) is -3.67. The predicted octanol–water partition coefficient (Wildman–Crippen LogP) is 3.43. The second-order valence-electron chi connectivity index (χ2n) is 6.26. The van der Waals surface area contributed by atoms with Gasteiger partial charge in [-0.15, -0.1) is 11.3 Å². The lowest BCUT2D eigenvalue weighted by Crippen LogP contribution is -2.42. The summed E-state index contributed by atoms with van der Waals surface area (Å²) in [6, 6.07) is 8.10. The first-order valence-electron chi connectivity index (χ1n) is 8.17. The first-order valence-corrected chi connectivity index (χ1v) is 10.4. The van der Waals surface area contributed by atoms with Gasteiger partial charge in [0.15, 0.2) is 0 Å². The van der Waals surface area contributed by atoms with Gasteiger partial charge in [-0.25, -0.2) is 13.2 Å². The van der Waals surface area contributed by atoms with Gasteiger partial charge in [0.05, 0.1) is 0 Å². The summed E-state index contributed by atoms with van der Waals surface area (Å²) in [5.41, 5.74) is 1.91. The van der Waals surface area contributed by atoms with Crippen molar-refractivity contribution in [2.45, 2.75) is 43.9 Å². The third-order valence-electron chi connectivity index (χ3n) is 4.52. The quantitative estimate of drug-likeness (QED) is 0.603. The van der Waals surface area contributed by atoms with E-state index in [1.54, 1.807) is 18.2 Å². The molecule has 0 aliphatic carbocycles. The van der Waals surface area contributed by atoms with E-state index in [0.717, 1.165) is 16.0 Å². The Morgan fingerprint density at radius 3 is 2.64 bits per heavy atom. The highest BCUT2D eigenvalue weighted by atomic mass is 32.2. The number of esters is 1. The molecule has 0 bridgehead atoms. The molecule has 0 spiro atoms. The van der Waals surface area contributed by atoms with Gasteiger partial charge in [0.2, 0.25) is 0 Å². The summed E-state index contributed by atoms with van der Waals surface area (Å²) in [6.45, 7) is 6.03. The van der Waals surface area contributed by atoms with E-state index >= 15 is 0 Å². The molecule has 0 saturated carbocycles. The maximum Gasteiger partial charge on any atom is 0.329 e. The zero-order valence-corrected chi connectivity index (χ0v) is 16.1. The summed E-state index contributed by atoms with van der Waals surface area (Å²) in [5.74, 6) is -0.0238. The van der Waals surface area contributed by atoms with Crippen molar-refractivity contribution in [3.8, 4) is 5.75 Å². The Balaban J connectivity index is 1.84. The van der Waals surface area contributed by atoms with E-state index < -0.39 is 22.0 Å². The summed E-state index contributed by atoms with van der Waals surface area (Å²) in [5, 5.41) is 0. The highest BCUT2D eigenvalue weighted by molar-refractivity contribution is 7.91. The number of hydrogen-bond donors (Lipinski definition) is 0. The van der Waals surface area contributed by atoms with Crippen molar-refractivity contribution in [2.24, 2.45) is 0 Å². The number of carbonyl (C=O) groups is 1. The lowest BCUT2D eigenvalue weighted by atomic mass is 10.1. The number of benzene rings is 1. The Hall–Kier alpha value is -1.70. The summed E-state index contributed by atoms with van der Waals surface area (Å²) in [4.78, 5) is 13.6. The Morgan fingerprint density at radius 1 is 1.20 bits per heavy atom. The van der Waals surface area contributed by atoms with E-state index in [2.05, 4.69) is 0 Å². The van der Waals surface area contributed by atoms with Crippen molar-refractivity contribution in [1.82, 2.24) is 4.31 Å². The van der Waals surface area contributed by atoms with Crippen LogP contribution in [0.5, 0.6) is 5.75 Å². The normalized spacial score (nSPS) is 18.4. The third-order valence-corrected chi connectivity index (χ3v) is 7.90. The van der Waals surface area contributed by atoms with Crippen LogP contribution in [0, 0.1) is 20.8 Å². The van der Waals surface area contributed by atoms with Gasteiger partial charge < -0.3 is 4.74 Å². The van der Waals surface area contributed by atoms with Crippen LogP contribution in [0.25, 0.3) is 0 Å². The van der Waals surface area contributed by atoms with Crippen LogP contribution in [0.15, 0.2) is 34.5 Å². The molecule has 1 saturated heterocycles. The number of hydrogen-bond acceptors (Lipinski definition) is 5. The molecule has 1 aliphatic rings. The molecule has 134 valence electrons. The smallest absolute Gasteiger partial charge is 0.329 e. The van der Waals surface area contributed by atoms with Crippen LogP contribution in [0.1, 0.15) is 28.8 Å². The molecule has 0 amide bonds. The largest absolute Gasteiger partial charge is 0.425 e. The van der Waals surface area contributed by atoms with E-state index in [1.807, 2.05) is 32.9 Å². The second kappa shape index (κ2) is 6.90. The monoisotopic (exact) mass is 379 g/mol. The molecule has 3 rings (SSSR count). The lowest BCUT2D eigenvalue weighted by Gasteiger charge is -2.22. The second-order valence-corrected chi connectivity index (χ2v) is 9.66. The standard InChI is InChI=1S/C18H21NO4S2/c1-12-6-4-8-16(14(12)3)23-18(20)15-7-5-11-19(15)25(21,22)17-10-9-13(2)24-17/h4,6,8-10,15H,5,7,11H2,1-3H3. The fourth-order valence-corrected chi connectivity index (χ4v) is 6.00. The Labute approximate surface area is 152 Å². The van der Waals surface area contributed by atoms with Gasteiger partial charge in [-0.1, -0.05) is 12.1 Å². The molecule has 1 aromatic heterocycles. The van der Waals surface area contributed by atoms with Gasteiger partial charge in [0.25, 0.3) is 10.0 Å². The molecule has 7 heteroatoms.